The van der Waals surface area contributed by atoms with Crippen molar-refractivity contribution >= 4 is 14.3 Å². The number of nitrogens with zero attached hydrogens (tertiary/aromatic N) is 2. The van der Waals surface area contributed by atoms with Gasteiger partial charge in [-0.05, 0) is 43.3 Å². The van der Waals surface area contributed by atoms with Crippen LogP contribution in [0.2, 0.25) is 18.1 Å². The Balaban J connectivity index is 2.39. The molecule has 0 aliphatic heterocycles. The molecule has 2 rings (SSSR count). The average Bonchev–Trinajstić information content (AvgIpc) is 3.15. The number of carbonyl (C=O) groups is 1. The fourth-order valence-corrected chi connectivity index (χ4v) is 4.10. The molecule has 1 atom stereocenters. The number of halogens is 5. The SMILES string of the molecule is CCOC(=O)C(O[Si](C)(C)C(C)(C)C)C(F)(F)c1ccccc1OCc1ccnn1CC(F)(F)F. The first kappa shape index (κ1) is 28.8. The maximum Gasteiger partial charge on any atom is 0.408 e. The number of hydrogen-bond acceptors (Lipinski definition) is 5. The first-order valence-electron chi connectivity index (χ1n) is 11.0. The molecule has 0 aliphatic carbocycles. The highest BCUT2D eigenvalue weighted by atomic mass is 28.4. The second-order valence-electron chi connectivity index (χ2n) is 9.51. The van der Waals surface area contributed by atoms with Gasteiger partial charge in [-0.1, -0.05) is 32.9 Å². The van der Waals surface area contributed by atoms with Crippen LogP contribution >= 0.6 is 0 Å². The third-order valence-corrected chi connectivity index (χ3v) is 10.2. The normalized spacial score (nSPS) is 14.0. The number of esters is 1. The number of carbonyl (C=O) groups excluding carboxylic acids is 1. The lowest BCUT2D eigenvalue weighted by Crippen LogP contribution is -2.52. The Bertz CT molecular complexity index is 1000. The minimum Gasteiger partial charge on any atom is -0.487 e. The van der Waals surface area contributed by atoms with Gasteiger partial charge in [0.1, 0.15) is 18.9 Å². The van der Waals surface area contributed by atoms with Crippen molar-refractivity contribution in [3.63, 3.8) is 0 Å². The monoisotopic (exact) mass is 522 g/mol. The van der Waals surface area contributed by atoms with Crippen LogP contribution in [-0.4, -0.2) is 43.0 Å². The fraction of sp³-hybridized carbons (Fsp3) is 0.565. The van der Waals surface area contributed by atoms with Crippen LogP contribution in [0.25, 0.3) is 0 Å². The molecule has 0 saturated heterocycles. The summed E-state index contributed by atoms with van der Waals surface area (Å²) in [5.41, 5.74) is -0.599. The van der Waals surface area contributed by atoms with E-state index in [-0.39, 0.29) is 18.1 Å². The molecular formula is C23H31F5N2O4Si. The zero-order chi connectivity index (χ0) is 26.7. The lowest BCUT2D eigenvalue weighted by atomic mass is 10.0. The zero-order valence-electron chi connectivity index (χ0n) is 20.6. The molecule has 35 heavy (non-hydrogen) atoms. The number of hydrogen-bond donors (Lipinski definition) is 0. The summed E-state index contributed by atoms with van der Waals surface area (Å²) in [5, 5.41) is 3.14. The molecule has 1 aromatic heterocycles. The van der Waals surface area contributed by atoms with Gasteiger partial charge in [-0.25, -0.2) is 4.79 Å². The summed E-state index contributed by atoms with van der Waals surface area (Å²) >= 11 is 0. The van der Waals surface area contributed by atoms with Crippen LogP contribution in [-0.2, 0) is 33.0 Å². The molecule has 0 aliphatic rings. The predicted octanol–water partition coefficient (Wildman–Crippen LogP) is 6.07. The van der Waals surface area contributed by atoms with Crippen LogP contribution in [0.4, 0.5) is 22.0 Å². The molecule has 0 N–H and O–H groups in total. The smallest absolute Gasteiger partial charge is 0.408 e. The second kappa shape index (κ2) is 10.6. The molecule has 0 amide bonds. The van der Waals surface area contributed by atoms with Crippen molar-refractivity contribution in [2.75, 3.05) is 6.61 Å². The van der Waals surface area contributed by atoms with Crippen molar-refractivity contribution in [3.05, 3.63) is 47.8 Å². The summed E-state index contributed by atoms with van der Waals surface area (Å²) in [5.74, 6) is -5.37. The van der Waals surface area contributed by atoms with E-state index in [9.17, 15) is 18.0 Å². The molecule has 0 fully saturated rings. The minimum absolute atomic E-state index is 0.0416. The number of ether oxygens (including phenoxy) is 2. The second-order valence-corrected chi connectivity index (χ2v) is 14.3. The van der Waals surface area contributed by atoms with Crippen molar-refractivity contribution in [2.24, 2.45) is 0 Å². The summed E-state index contributed by atoms with van der Waals surface area (Å²) in [6.45, 7) is 8.60. The Morgan fingerprint density at radius 3 is 2.29 bits per heavy atom. The topological polar surface area (TPSA) is 62.6 Å². The van der Waals surface area contributed by atoms with Gasteiger partial charge in [0.25, 0.3) is 0 Å². The van der Waals surface area contributed by atoms with Gasteiger partial charge >= 0.3 is 18.1 Å². The van der Waals surface area contributed by atoms with Gasteiger partial charge in [0.05, 0.1) is 17.9 Å². The molecule has 1 aromatic carbocycles. The number of rotatable bonds is 10. The largest absolute Gasteiger partial charge is 0.487 e. The maximum absolute atomic E-state index is 15.9. The molecule has 0 saturated carbocycles. The summed E-state index contributed by atoms with van der Waals surface area (Å²) in [6, 6.07) is 6.43. The van der Waals surface area contributed by atoms with Crippen LogP contribution in [0.5, 0.6) is 5.75 Å². The molecule has 0 radical (unpaired) electrons. The van der Waals surface area contributed by atoms with Crippen LogP contribution in [0.1, 0.15) is 39.0 Å². The van der Waals surface area contributed by atoms with E-state index in [0.717, 1.165) is 12.3 Å². The third kappa shape index (κ3) is 7.26. The first-order chi connectivity index (χ1) is 16.0. The van der Waals surface area contributed by atoms with Crippen LogP contribution < -0.4 is 4.74 Å². The fourth-order valence-electron chi connectivity index (χ4n) is 2.92. The van der Waals surface area contributed by atoms with Gasteiger partial charge in [0.2, 0.25) is 6.10 Å². The molecule has 6 nitrogen and oxygen atoms in total. The number of para-hydroxylation sites is 1. The Hall–Kier alpha value is -2.47. The Morgan fingerprint density at radius 1 is 1.09 bits per heavy atom. The molecule has 0 bridgehead atoms. The van der Waals surface area contributed by atoms with E-state index in [4.69, 9.17) is 13.9 Å². The van der Waals surface area contributed by atoms with Crippen molar-refractivity contribution in [2.45, 2.75) is 77.2 Å². The highest BCUT2D eigenvalue weighted by Crippen LogP contribution is 2.44. The first-order valence-corrected chi connectivity index (χ1v) is 13.9. The van der Waals surface area contributed by atoms with E-state index in [1.807, 2.05) is 20.8 Å². The van der Waals surface area contributed by atoms with Gasteiger partial charge in [-0.2, -0.15) is 27.1 Å². The maximum atomic E-state index is 15.9. The Labute approximate surface area is 202 Å². The molecule has 196 valence electrons. The lowest BCUT2D eigenvalue weighted by Gasteiger charge is -2.40. The van der Waals surface area contributed by atoms with E-state index in [2.05, 4.69) is 5.10 Å². The zero-order valence-corrected chi connectivity index (χ0v) is 21.6. The van der Waals surface area contributed by atoms with Gasteiger partial charge in [0, 0.05) is 6.20 Å². The Morgan fingerprint density at radius 2 is 1.71 bits per heavy atom. The molecule has 0 spiro atoms. The van der Waals surface area contributed by atoms with Gasteiger partial charge in [0.15, 0.2) is 8.32 Å². The van der Waals surface area contributed by atoms with Crippen molar-refractivity contribution in [1.29, 1.82) is 0 Å². The molecule has 12 heteroatoms. The van der Waals surface area contributed by atoms with Crippen LogP contribution in [0, 0.1) is 0 Å². The highest BCUT2D eigenvalue weighted by Gasteiger charge is 2.54. The summed E-state index contributed by atoms with van der Waals surface area (Å²) < 4.78 is 87.0. The molecule has 2 aromatic rings. The van der Waals surface area contributed by atoms with Gasteiger partial charge < -0.3 is 13.9 Å². The summed E-state index contributed by atoms with van der Waals surface area (Å²) in [4.78, 5) is 12.6. The van der Waals surface area contributed by atoms with Crippen LogP contribution in [0.15, 0.2) is 36.5 Å². The van der Waals surface area contributed by atoms with Crippen LogP contribution in [0.3, 0.4) is 0 Å². The van der Waals surface area contributed by atoms with Gasteiger partial charge in [-0.15, -0.1) is 0 Å². The van der Waals surface area contributed by atoms with Crippen molar-refractivity contribution < 1.29 is 40.6 Å². The minimum atomic E-state index is -4.51. The molecular weight excluding hydrogens is 491 g/mol. The highest BCUT2D eigenvalue weighted by molar-refractivity contribution is 6.74. The van der Waals surface area contributed by atoms with E-state index in [0.29, 0.717) is 4.68 Å². The van der Waals surface area contributed by atoms with Gasteiger partial charge in [-0.3, -0.25) is 4.68 Å². The van der Waals surface area contributed by atoms with E-state index in [1.54, 1.807) is 13.1 Å². The standard InChI is InChI=1S/C23H31F5N2O4Si/c1-7-32-20(31)19(34-35(5,6)21(2,3)4)23(27,28)17-10-8-9-11-18(17)33-14-16-12-13-29-30(16)15-22(24,25)26/h8-13,19H,7,14-15H2,1-6H3. The predicted molar refractivity (Wildman–Crippen MR) is 122 cm³/mol. The van der Waals surface area contributed by atoms with E-state index in [1.165, 1.54) is 31.2 Å². The van der Waals surface area contributed by atoms with Crippen molar-refractivity contribution in [3.8, 4) is 5.75 Å². The number of aromatic nitrogens is 2. The molecule has 1 unspecified atom stereocenters. The van der Waals surface area contributed by atoms with Crippen molar-refractivity contribution in [1.82, 2.24) is 9.78 Å². The lowest BCUT2D eigenvalue weighted by molar-refractivity contribution is -0.176. The van der Waals surface area contributed by atoms with E-state index >= 15 is 8.78 Å². The summed E-state index contributed by atoms with van der Waals surface area (Å²) in [6.07, 6.45) is -5.59. The average molecular weight is 523 g/mol. The molecule has 1 heterocycles. The Kier molecular flexibility index (Phi) is 8.75. The third-order valence-electron chi connectivity index (χ3n) is 5.80. The van der Waals surface area contributed by atoms with E-state index < -0.39 is 56.2 Å². The summed E-state index contributed by atoms with van der Waals surface area (Å²) in [7, 11) is -2.85. The quantitative estimate of drug-likeness (QED) is 0.215. The number of alkyl halides is 5. The number of benzene rings is 1.